The predicted octanol–water partition coefficient (Wildman–Crippen LogP) is 4.98. The molecule has 0 spiro atoms. The van der Waals surface area contributed by atoms with Crippen molar-refractivity contribution in [3.63, 3.8) is 0 Å². The standard InChI is InChI=1S/C24H31N5O/c1-5-18(4)19-11-13-20(14-12-19)23(17(2)3)27-24(30)25-15-22-28-26-16-29(22)21-9-7-6-8-10-21/h6-14,16-18,23H,5,15H2,1-4H3,(H2,25,27,30). The number of nitrogens with one attached hydrogen (secondary N) is 2. The second-order valence-corrected chi connectivity index (χ2v) is 7.98. The third-order valence-corrected chi connectivity index (χ3v) is 5.49. The lowest BCUT2D eigenvalue weighted by Gasteiger charge is -2.24. The average molecular weight is 406 g/mol. The highest BCUT2D eigenvalue weighted by molar-refractivity contribution is 5.74. The van der Waals surface area contributed by atoms with E-state index < -0.39 is 0 Å². The van der Waals surface area contributed by atoms with Gasteiger partial charge in [0.2, 0.25) is 0 Å². The molecule has 2 aromatic carbocycles. The smallest absolute Gasteiger partial charge is 0.315 e. The number of carbonyl (C=O) groups excluding carboxylic acids is 1. The van der Waals surface area contributed by atoms with E-state index in [-0.39, 0.29) is 18.0 Å². The minimum atomic E-state index is -0.220. The van der Waals surface area contributed by atoms with Crippen molar-refractivity contribution in [1.82, 2.24) is 25.4 Å². The van der Waals surface area contributed by atoms with Crippen molar-refractivity contribution >= 4 is 6.03 Å². The molecule has 3 rings (SSSR count). The molecule has 1 heterocycles. The fourth-order valence-electron chi connectivity index (χ4n) is 3.44. The Labute approximate surface area is 178 Å². The number of rotatable bonds is 8. The van der Waals surface area contributed by atoms with Crippen LogP contribution in [0.1, 0.15) is 63.0 Å². The third kappa shape index (κ3) is 5.26. The van der Waals surface area contributed by atoms with Crippen molar-refractivity contribution in [3.05, 3.63) is 77.9 Å². The number of hydrogen-bond acceptors (Lipinski definition) is 3. The lowest BCUT2D eigenvalue weighted by atomic mass is 9.92. The first kappa shape index (κ1) is 21.6. The first-order valence-corrected chi connectivity index (χ1v) is 10.6. The summed E-state index contributed by atoms with van der Waals surface area (Å²) in [5.41, 5.74) is 3.40. The Hall–Kier alpha value is -3.15. The first-order valence-electron chi connectivity index (χ1n) is 10.6. The Morgan fingerprint density at radius 3 is 2.30 bits per heavy atom. The van der Waals surface area contributed by atoms with Crippen LogP contribution in [0.4, 0.5) is 4.79 Å². The second kappa shape index (κ2) is 10.1. The maximum atomic E-state index is 12.6. The summed E-state index contributed by atoms with van der Waals surface area (Å²) in [6.07, 6.45) is 2.77. The quantitative estimate of drug-likeness (QED) is 0.555. The van der Waals surface area contributed by atoms with Crippen molar-refractivity contribution in [2.75, 3.05) is 0 Å². The number of nitrogens with zero attached hydrogens (tertiary/aromatic N) is 3. The average Bonchev–Trinajstić information content (AvgIpc) is 3.25. The molecule has 30 heavy (non-hydrogen) atoms. The minimum Gasteiger partial charge on any atom is -0.331 e. The molecule has 0 aliphatic rings. The first-order chi connectivity index (χ1) is 14.5. The van der Waals surface area contributed by atoms with Gasteiger partial charge in [-0.15, -0.1) is 10.2 Å². The molecular weight excluding hydrogens is 374 g/mol. The van der Waals surface area contributed by atoms with Gasteiger partial charge in [0.25, 0.3) is 0 Å². The normalized spacial score (nSPS) is 13.1. The van der Waals surface area contributed by atoms with Crippen LogP contribution < -0.4 is 10.6 Å². The van der Waals surface area contributed by atoms with E-state index in [1.807, 2.05) is 34.9 Å². The minimum absolute atomic E-state index is 0.0667. The summed E-state index contributed by atoms with van der Waals surface area (Å²) in [7, 11) is 0. The van der Waals surface area contributed by atoms with E-state index in [2.05, 4.69) is 72.8 Å². The highest BCUT2D eigenvalue weighted by atomic mass is 16.2. The van der Waals surface area contributed by atoms with Crippen LogP contribution in [-0.2, 0) is 6.54 Å². The molecule has 1 aromatic heterocycles. The molecule has 2 atom stereocenters. The largest absolute Gasteiger partial charge is 0.331 e. The molecule has 3 aromatic rings. The van der Waals surface area contributed by atoms with E-state index in [9.17, 15) is 4.79 Å². The molecule has 2 amide bonds. The number of hydrogen-bond donors (Lipinski definition) is 2. The van der Waals surface area contributed by atoms with Gasteiger partial charge in [-0.25, -0.2) is 4.79 Å². The van der Waals surface area contributed by atoms with E-state index in [1.165, 1.54) is 5.56 Å². The van der Waals surface area contributed by atoms with Gasteiger partial charge < -0.3 is 10.6 Å². The summed E-state index contributed by atoms with van der Waals surface area (Å²) in [6, 6.07) is 18.1. The van der Waals surface area contributed by atoms with Crippen LogP contribution in [0.15, 0.2) is 60.9 Å². The highest BCUT2D eigenvalue weighted by Gasteiger charge is 2.19. The number of para-hydroxylation sites is 1. The lowest BCUT2D eigenvalue weighted by molar-refractivity contribution is 0.232. The number of amides is 2. The molecule has 0 fully saturated rings. The van der Waals surface area contributed by atoms with Gasteiger partial charge in [-0.1, -0.05) is 70.2 Å². The third-order valence-electron chi connectivity index (χ3n) is 5.49. The van der Waals surface area contributed by atoms with Crippen LogP contribution in [0.5, 0.6) is 0 Å². The summed E-state index contributed by atoms with van der Waals surface area (Å²) in [4.78, 5) is 12.6. The van der Waals surface area contributed by atoms with Gasteiger partial charge in [0, 0.05) is 5.69 Å². The van der Waals surface area contributed by atoms with Crippen molar-refractivity contribution < 1.29 is 4.79 Å². The molecular formula is C24H31N5O. The van der Waals surface area contributed by atoms with Gasteiger partial charge in [0.1, 0.15) is 6.33 Å². The molecule has 6 nitrogen and oxygen atoms in total. The monoisotopic (exact) mass is 405 g/mol. The van der Waals surface area contributed by atoms with Gasteiger partial charge >= 0.3 is 6.03 Å². The Morgan fingerprint density at radius 1 is 1.00 bits per heavy atom. The molecule has 2 N–H and O–H groups in total. The molecule has 6 heteroatoms. The van der Waals surface area contributed by atoms with E-state index in [1.54, 1.807) is 6.33 Å². The Kier molecular flexibility index (Phi) is 7.22. The number of aromatic nitrogens is 3. The predicted molar refractivity (Wildman–Crippen MR) is 119 cm³/mol. The molecule has 2 unspecified atom stereocenters. The van der Waals surface area contributed by atoms with E-state index in [4.69, 9.17) is 0 Å². The number of benzene rings is 2. The van der Waals surface area contributed by atoms with Gasteiger partial charge in [0.15, 0.2) is 5.82 Å². The summed E-state index contributed by atoms with van der Waals surface area (Å²) in [5, 5.41) is 14.2. The van der Waals surface area contributed by atoms with Crippen molar-refractivity contribution in [1.29, 1.82) is 0 Å². The SMILES string of the molecule is CCC(C)c1ccc(C(NC(=O)NCc2nncn2-c2ccccc2)C(C)C)cc1. The lowest BCUT2D eigenvalue weighted by Crippen LogP contribution is -2.39. The van der Waals surface area contributed by atoms with Crippen LogP contribution >= 0.6 is 0 Å². The topological polar surface area (TPSA) is 71.8 Å². The van der Waals surface area contributed by atoms with E-state index in [0.717, 1.165) is 17.7 Å². The molecule has 0 saturated heterocycles. The summed E-state index contributed by atoms with van der Waals surface area (Å²) in [6.45, 7) is 8.94. The maximum Gasteiger partial charge on any atom is 0.315 e. The summed E-state index contributed by atoms with van der Waals surface area (Å²) < 4.78 is 1.87. The molecule has 0 aliphatic heterocycles. The molecule has 158 valence electrons. The van der Waals surface area contributed by atoms with Gasteiger partial charge in [-0.3, -0.25) is 4.57 Å². The Bertz CT molecular complexity index is 934. The van der Waals surface area contributed by atoms with Crippen LogP contribution in [0.25, 0.3) is 5.69 Å². The van der Waals surface area contributed by atoms with Crippen molar-refractivity contribution in [2.24, 2.45) is 5.92 Å². The van der Waals surface area contributed by atoms with Crippen molar-refractivity contribution in [3.8, 4) is 5.69 Å². The van der Waals surface area contributed by atoms with E-state index >= 15 is 0 Å². The van der Waals surface area contributed by atoms with Gasteiger partial charge in [-0.2, -0.15) is 0 Å². The molecule has 0 radical (unpaired) electrons. The summed E-state index contributed by atoms with van der Waals surface area (Å²) in [5.74, 6) is 1.48. The highest BCUT2D eigenvalue weighted by Crippen LogP contribution is 2.25. The van der Waals surface area contributed by atoms with Gasteiger partial charge in [0.05, 0.1) is 12.6 Å². The van der Waals surface area contributed by atoms with Crippen LogP contribution in [0.3, 0.4) is 0 Å². The Balaban J connectivity index is 1.64. The van der Waals surface area contributed by atoms with Crippen LogP contribution in [0, 0.1) is 5.92 Å². The zero-order valence-electron chi connectivity index (χ0n) is 18.2. The zero-order chi connectivity index (χ0) is 21.5. The zero-order valence-corrected chi connectivity index (χ0v) is 18.2. The molecule has 0 bridgehead atoms. The van der Waals surface area contributed by atoms with Gasteiger partial charge in [-0.05, 0) is 41.5 Å². The summed E-state index contributed by atoms with van der Waals surface area (Å²) >= 11 is 0. The second-order valence-electron chi connectivity index (χ2n) is 7.98. The molecule has 0 saturated carbocycles. The van der Waals surface area contributed by atoms with Crippen LogP contribution in [-0.4, -0.2) is 20.8 Å². The van der Waals surface area contributed by atoms with E-state index in [0.29, 0.717) is 18.3 Å². The number of carbonyl (C=O) groups is 1. The van der Waals surface area contributed by atoms with Crippen molar-refractivity contribution in [2.45, 2.75) is 52.6 Å². The Morgan fingerprint density at radius 2 is 1.67 bits per heavy atom. The molecule has 0 aliphatic carbocycles. The fraction of sp³-hybridized carbons (Fsp3) is 0.375. The van der Waals surface area contributed by atoms with Crippen LogP contribution in [0.2, 0.25) is 0 Å². The number of urea groups is 1. The fourth-order valence-corrected chi connectivity index (χ4v) is 3.44. The maximum absolute atomic E-state index is 12.6.